The van der Waals surface area contributed by atoms with Gasteiger partial charge in [0.1, 0.15) is 0 Å². The van der Waals surface area contributed by atoms with E-state index in [4.69, 9.17) is 0 Å². The molecule has 0 aliphatic rings. The number of imidazole rings is 1. The molecule has 1 atom stereocenters. The first-order valence-corrected chi connectivity index (χ1v) is 6.82. The SMILES string of the molecule is Cc1cn(CCS(C)=O)c(NC(C)C)n1. The molecule has 0 aliphatic heterocycles. The normalized spacial score (nSPS) is 13.1. The molecular weight excluding hydrogens is 210 g/mol. The lowest BCUT2D eigenvalue weighted by Crippen LogP contribution is -2.16. The summed E-state index contributed by atoms with van der Waals surface area (Å²) in [4.78, 5) is 4.38. The smallest absolute Gasteiger partial charge is 0.203 e. The van der Waals surface area contributed by atoms with Gasteiger partial charge in [-0.15, -0.1) is 0 Å². The van der Waals surface area contributed by atoms with Gasteiger partial charge >= 0.3 is 0 Å². The molecular formula is C10H19N3OS. The molecule has 1 unspecified atom stereocenters. The molecule has 0 aliphatic carbocycles. The third kappa shape index (κ3) is 4.03. The van der Waals surface area contributed by atoms with E-state index in [0.717, 1.165) is 18.2 Å². The number of nitrogens with one attached hydrogen (secondary N) is 1. The van der Waals surface area contributed by atoms with E-state index in [2.05, 4.69) is 24.1 Å². The number of hydrogen-bond donors (Lipinski definition) is 1. The Labute approximate surface area is 93.5 Å². The van der Waals surface area contributed by atoms with Crippen molar-refractivity contribution in [3.05, 3.63) is 11.9 Å². The fourth-order valence-corrected chi connectivity index (χ4v) is 1.77. The number of aryl methyl sites for hydroxylation is 2. The minimum absolute atomic E-state index is 0.359. The highest BCUT2D eigenvalue weighted by atomic mass is 32.2. The van der Waals surface area contributed by atoms with Crippen molar-refractivity contribution in [2.75, 3.05) is 17.3 Å². The molecule has 1 heterocycles. The highest BCUT2D eigenvalue weighted by Crippen LogP contribution is 2.09. The second-order valence-corrected chi connectivity index (χ2v) is 5.53. The number of anilines is 1. The minimum atomic E-state index is -0.754. The molecule has 0 radical (unpaired) electrons. The summed E-state index contributed by atoms with van der Waals surface area (Å²) in [6.07, 6.45) is 3.71. The van der Waals surface area contributed by atoms with Crippen LogP contribution in [0.2, 0.25) is 0 Å². The van der Waals surface area contributed by atoms with E-state index >= 15 is 0 Å². The van der Waals surface area contributed by atoms with Gasteiger partial charge in [-0.25, -0.2) is 4.98 Å². The van der Waals surface area contributed by atoms with E-state index in [-0.39, 0.29) is 0 Å². The molecule has 1 rings (SSSR count). The van der Waals surface area contributed by atoms with Crippen molar-refractivity contribution in [1.82, 2.24) is 9.55 Å². The molecule has 4 nitrogen and oxygen atoms in total. The second kappa shape index (κ2) is 5.30. The van der Waals surface area contributed by atoms with Crippen LogP contribution >= 0.6 is 0 Å². The number of nitrogens with zero attached hydrogens (tertiary/aromatic N) is 2. The van der Waals surface area contributed by atoms with Crippen molar-refractivity contribution >= 4 is 16.7 Å². The zero-order valence-electron chi connectivity index (χ0n) is 9.78. The van der Waals surface area contributed by atoms with Crippen LogP contribution in [-0.2, 0) is 17.3 Å². The summed E-state index contributed by atoms with van der Waals surface area (Å²) in [5, 5.41) is 3.27. The summed E-state index contributed by atoms with van der Waals surface area (Å²) in [6.45, 7) is 6.86. The molecule has 0 saturated carbocycles. The highest BCUT2D eigenvalue weighted by molar-refractivity contribution is 7.84. The predicted molar refractivity (Wildman–Crippen MR) is 64.7 cm³/mol. The van der Waals surface area contributed by atoms with Crippen LogP contribution in [0.15, 0.2) is 6.20 Å². The van der Waals surface area contributed by atoms with Gasteiger partial charge in [-0.05, 0) is 20.8 Å². The molecule has 0 fully saturated rings. The van der Waals surface area contributed by atoms with Gasteiger partial charge in [0.15, 0.2) is 0 Å². The van der Waals surface area contributed by atoms with Gasteiger partial charge in [0.2, 0.25) is 5.95 Å². The van der Waals surface area contributed by atoms with Crippen LogP contribution in [0.25, 0.3) is 0 Å². The zero-order chi connectivity index (χ0) is 11.4. The van der Waals surface area contributed by atoms with Gasteiger partial charge < -0.3 is 9.88 Å². The summed E-state index contributed by atoms with van der Waals surface area (Å²) < 4.78 is 13.0. The van der Waals surface area contributed by atoms with Gasteiger partial charge in [0.25, 0.3) is 0 Å². The average molecular weight is 229 g/mol. The first-order chi connectivity index (χ1) is 6.99. The Morgan fingerprint density at radius 3 is 2.80 bits per heavy atom. The van der Waals surface area contributed by atoms with E-state index in [0.29, 0.717) is 11.8 Å². The van der Waals surface area contributed by atoms with Crippen LogP contribution in [0.3, 0.4) is 0 Å². The van der Waals surface area contributed by atoms with Crippen molar-refractivity contribution in [2.24, 2.45) is 0 Å². The maximum Gasteiger partial charge on any atom is 0.203 e. The molecule has 0 spiro atoms. The van der Waals surface area contributed by atoms with Crippen molar-refractivity contribution < 1.29 is 4.21 Å². The van der Waals surface area contributed by atoms with Gasteiger partial charge in [-0.2, -0.15) is 0 Å². The molecule has 1 N–H and O–H groups in total. The van der Waals surface area contributed by atoms with Gasteiger partial charge in [0.05, 0.1) is 5.69 Å². The van der Waals surface area contributed by atoms with Crippen molar-refractivity contribution in [3.63, 3.8) is 0 Å². The summed E-state index contributed by atoms with van der Waals surface area (Å²) in [7, 11) is -0.754. The lowest BCUT2D eigenvalue weighted by Gasteiger charge is -2.11. The predicted octanol–water partition coefficient (Wildman–Crippen LogP) is 1.39. The quantitative estimate of drug-likeness (QED) is 0.830. The van der Waals surface area contributed by atoms with Crippen LogP contribution in [-0.4, -0.2) is 31.8 Å². The van der Waals surface area contributed by atoms with Gasteiger partial charge in [-0.3, -0.25) is 4.21 Å². The van der Waals surface area contributed by atoms with E-state index in [1.165, 1.54) is 0 Å². The Morgan fingerprint density at radius 1 is 1.60 bits per heavy atom. The number of hydrogen-bond acceptors (Lipinski definition) is 3. The highest BCUT2D eigenvalue weighted by Gasteiger charge is 2.06. The summed E-state index contributed by atoms with van der Waals surface area (Å²) in [6, 6.07) is 0.359. The van der Waals surface area contributed by atoms with Gasteiger partial charge in [-0.1, -0.05) is 0 Å². The van der Waals surface area contributed by atoms with Crippen LogP contribution in [0.4, 0.5) is 5.95 Å². The standard InChI is InChI=1S/C10H19N3OS/c1-8(2)11-10-12-9(3)7-13(10)5-6-15(4)14/h7-8H,5-6H2,1-4H3,(H,11,12). The van der Waals surface area contributed by atoms with Crippen LogP contribution < -0.4 is 5.32 Å². The van der Waals surface area contributed by atoms with E-state index < -0.39 is 10.8 Å². The Bertz CT molecular complexity index is 346. The molecule has 5 heteroatoms. The van der Waals surface area contributed by atoms with Crippen molar-refractivity contribution in [3.8, 4) is 0 Å². The van der Waals surface area contributed by atoms with E-state index in [1.807, 2.05) is 17.7 Å². The molecule has 0 bridgehead atoms. The lowest BCUT2D eigenvalue weighted by molar-refractivity contribution is 0.677. The first kappa shape index (κ1) is 12.2. The number of rotatable bonds is 5. The number of aromatic nitrogens is 2. The Morgan fingerprint density at radius 2 is 2.27 bits per heavy atom. The average Bonchev–Trinajstić information content (AvgIpc) is 2.41. The summed E-state index contributed by atoms with van der Waals surface area (Å²) in [5.41, 5.74) is 0.986. The monoisotopic (exact) mass is 229 g/mol. The molecule has 15 heavy (non-hydrogen) atoms. The topological polar surface area (TPSA) is 46.9 Å². The van der Waals surface area contributed by atoms with Crippen LogP contribution in [0.1, 0.15) is 19.5 Å². The summed E-state index contributed by atoms with van der Waals surface area (Å²) in [5.74, 6) is 1.54. The molecule has 86 valence electrons. The molecule has 1 aromatic heterocycles. The first-order valence-electron chi connectivity index (χ1n) is 5.09. The molecule has 0 aromatic carbocycles. The maximum atomic E-state index is 11.0. The fourth-order valence-electron chi connectivity index (χ4n) is 1.32. The minimum Gasteiger partial charge on any atom is -0.353 e. The largest absolute Gasteiger partial charge is 0.353 e. The Kier molecular flexibility index (Phi) is 4.32. The summed E-state index contributed by atoms with van der Waals surface area (Å²) >= 11 is 0. The third-order valence-corrected chi connectivity index (χ3v) is 2.69. The molecule has 1 aromatic rings. The second-order valence-electron chi connectivity index (χ2n) is 3.98. The van der Waals surface area contributed by atoms with Crippen LogP contribution in [0.5, 0.6) is 0 Å². The Balaban J connectivity index is 2.72. The third-order valence-electron chi connectivity index (χ3n) is 1.93. The Hall–Kier alpha value is -0.840. The fraction of sp³-hybridized carbons (Fsp3) is 0.700. The van der Waals surface area contributed by atoms with Gasteiger partial charge in [0, 0.05) is 41.6 Å². The van der Waals surface area contributed by atoms with Crippen molar-refractivity contribution in [1.29, 1.82) is 0 Å². The zero-order valence-corrected chi connectivity index (χ0v) is 10.6. The lowest BCUT2D eigenvalue weighted by atomic mass is 10.4. The van der Waals surface area contributed by atoms with Crippen molar-refractivity contribution in [2.45, 2.75) is 33.4 Å². The molecule has 0 saturated heterocycles. The van der Waals surface area contributed by atoms with E-state index in [9.17, 15) is 4.21 Å². The maximum absolute atomic E-state index is 11.0. The molecule has 0 amide bonds. The van der Waals surface area contributed by atoms with E-state index in [1.54, 1.807) is 6.26 Å². The van der Waals surface area contributed by atoms with Crippen LogP contribution in [0, 0.1) is 6.92 Å².